The number of nitrogens with one attached hydrogen (secondary N) is 1. The number of hydrogen-bond acceptors (Lipinski definition) is 7. The third-order valence-corrected chi connectivity index (χ3v) is 5.74. The first-order valence-electron chi connectivity index (χ1n) is 9.71. The van der Waals surface area contributed by atoms with Gasteiger partial charge in [-0.2, -0.15) is 0 Å². The molecule has 8 heteroatoms. The second-order valence-corrected chi connectivity index (χ2v) is 8.02. The van der Waals surface area contributed by atoms with E-state index in [0.717, 1.165) is 10.4 Å². The van der Waals surface area contributed by atoms with Crippen LogP contribution in [0.25, 0.3) is 0 Å². The van der Waals surface area contributed by atoms with E-state index in [1.54, 1.807) is 43.3 Å². The first-order chi connectivity index (χ1) is 14.8. The van der Waals surface area contributed by atoms with Gasteiger partial charge in [-0.25, -0.2) is 4.79 Å². The van der Waals surface area contributed by atoms with Crippen LogP contribution in [0.2, 0.25) is 0 Å². The maximum absolute atomic E-state index is 12.6. The highest BCUT2D eigenvalue weighted by Crippen LogP contribution is 2.33. The predicted molar refractivity (Wildman–Crippen MR) is 117 cm³/mol. The number of furan rings is 1. The Morgan fingerprint density at radius 1 is 1.06 bits per heavy atom. The fourth-order valence-corrected chi connectivity index (χ4v) is 3.89. The van der Waals surface area contributed by atoms with Gasteiger partial charge in [0, 0.05) is 10.4 Å². The van der Waals surface area contributed by atoms with Crippen LogP contribution in [0.3, 0.4) is 0 Å². The van der Waals surface area contributed by atoms with Gasteiger partial charge in [0.2, 0.25) is 0 Å². The van der Waals surface area contributed by atoms with Crippen LogP contribution in [0, 0.1) is 13.8 Å². The SMILES string of the molecule is CCOC(=O)c1c(NC(=O)c2ccc(COc3ccc(C(C)=O)cc3)o2)sc(C)c1C. The number of carbonyl (C=O) groups is 3. The monoisotopic (exact) mass is 441 g/mol. The summed E-state index contributed by atoms with van der Waals surface area (Å²) in [5.74, 6) is 0.188. The first-order valence-corrected chi connectivity index (χ1v) is 10.5. The molecule has 0 saturated heterocycles. The lowest BCUT2D eigenvalue weighted by Crippen LogP contribution is -2.14. The number of rotatable bonds is 8. The van der Waals surface area contributed by atoms with E-state index in [0.29, 0.717) is 27.6 Å². The summed E-state index contributed by atoms with van der Waals surface area (Å²) in [4.78, 5) is 37.2. The molecule has 2 aromatic heterocycles. The third kappa shape index (κ3) is 5.21. The van der Waals surface area contributed by atoms with Gasteiger partial charge in [-0.05, 0) is 69.7 Å². The summed E-state index contributed by atoms with van der Waals surface area (Å²) in [5.41, 5.74) is 1.75. The molecule has 1 N–H and O–H groups in total. The van der Waals surface area contributed by atoms with Gasteiger partial charge in [-0.3, -0.25) is 9.59 Å². The number of amides is 1. The van der Waals surface area contributed by atoms with Crippen molar-refractivity contribution in [2.75, 3.05) is 11.9 Å². The molecule has 3 rings (SSSR count). The molecule has 162 valence electrons. The van der Waals surface area contributed by atoms with E-state index in [9.17, 15) is 14.4 Å². The van der Waals surface area contributed by atoms with Crippen LogP contribution in [0.15, 0.2) is 40.8 Å². The quantitative estimate of drug-likeness (QED) is 0.383. The zero-order chi connectivity index (χ0) is 22.5. The second kappa shape index (κ2) is 9.61. The van der Waals surface area contributed by atoms with Crippen LogP contribution in [0.5, 0.6) is 5.75 Å². The van der Waals surface area contributed by atoms with Crippen LogP contribution < -0.4 is 10.1 Å². The molecular formula is C23H23NO6S. The van der Waals surface area contributed by atoms with E-state index in [4.69, 9.17) is 13.9 Å². The Morgan fingerprint density at radius 3 is 2.42 bits per heavy atom. The van der Waals surface area contributed by atoms with Crippen molar-refractivity contribution in [2.24, 2.45) is 0 Å². The highest BCUT2D eigenvalue weighted by molar-refractivity contribution is 7.16. The van der Waals surface area contributed by atoms with Gasteiger partial charge in [0.1, 0.15) is 23.1 Å². The molecule has 1 amide bonds. The van der Waals surface area contributed by atoms with Crippen molar-refractivity contribution in [3.8, 4) is 5.75 Å². The Labute approximate surface area is 184 Å². The zero-order valence-electron chi connectivity index (χ0n) is 17.7. The molecule has 0 aliphatic rings. The van der Waals surface area contributed by atoms with Crippen LogP contribution >= 0.6 is 11.3 Å². The van der Waals surface area contributed by atoms with Gasteiger partial charge >= 0.3 is 5.97 Å². The second-order valence-electron chi connectivity index (χ2n) is 6.80. The highest BCUT2D eigenvalue weighted by Gasteiger charge is 2.23. The van der Waals surface area contributed by atoms with Crippen molar-refractivity contribution >= 4 is 34.0 Å². The summed E-state index contributed by atoms with van der Waals surface area (Å²) in [6.07, 6.45) is 0. The normalized spacial score (nSPS) is 10.6. The Balaban J connectivity index is 1.66. The molecule has 3 aromatic rings. The lowest BCUT2D eigenvalue weighted by Gasteiger charge is -2.06. The Bertz CT molecular complexity index is 1110. The number of carbonyl (C=O) groups excluding carboxylic acids is 3. The average molecular weight is 442 g/mol. The summed E-state index contributed by atoms with van der Waals surface area (Å²) in [6, 6.07) is 9.97. The fraction of sp³-hybridized carbons (Fsp3) is 0.261. The molecule has 0 unspecified atom stereocenters. The van der Waals surface area contributed by atoms with Crippen molar-refractivity contribution < 1.29 is 28.3 Å². The minimum absolute atomic E-state index is 0.0181. The number of aryl methyl sites for hydroxylation is 1. The zero-order valence-corrected chi connectivity index (χ0v) is 18.6. The molecule has 1 aromatic carbocycles. The van der Waals surface area contributed by atoms with E-state index >= 15 is 0 Å². The number of benzene rings is 1. The maximum atomic E-state index is 12.6. The van der Waals surface area contributed by atoms with Gasteiger partial charge < -0.3 is 19.2 Å². The average Bonchev–Trinajstić information content (AvgIpc) is 3.32. The molecular weight excluding hydrogens is 418 g/mol. The molecule has 0 saturated carbocycles. The molecule has 0 spiro atoms. The molecule has 0 aliphatic heterocycles. The number of Topliss-reactive ketones (excluding diaryl/α,β-unsaturated/α-hetero) is 1. The van der Waals surface area contributed by atoms with E-state index in [-0.39, 0.29) is 24.8 Å². The van der Waals surface area contributed by atoms with E-state index in [1.165, 1.54) is 18.3 Å². The molecule has 7 nitrogen and oxygen atoms in total. The highest BCUT2D eigenvalue weighted by atomic mass is 32.1. The van der Waals surface area contributed by atoms with Crippen LogP contribution in [0.4, 0.5) is 5.00 Å². The van der Waals surface area contributed by atoms with Gasteiger partial charge in [-0.1, -0.05) is 0 Å². The third-order valence-electron chi connectivity index (χ3n) is 4.62. The van der Waals surface area contributed by atoms with E-state index < -0.39 is 11.9 Å². The molecule has 0 fully saturated rings. The lowest BCUT2D eigenvalue weighted by atomic mass is 10.1. The van der Waals surface area contributed by atoms with Crippen molar-refractivity contribution in [1.82, 2.24) is 0 Å². The van der Waals surface area contributed by atoms with Crippen LogP contribution in [-0.2, 0) is 11.3 Å². The predicted octanol–water partition coefficient (Wildman–Crippen LogP) is 5.17. The number of esters is 1. The van der Waals surface area contributed by atoms with E-state index in [1.807, 2.05) is 13.8 Å². The summed E-state index contributed by atoms with van der Waals surface area (Å²) < 4.78 is 16.3. The molecule has 0 radical (unpaired) electrons. The lowest BCUT2D eigenvalue weighted by molar-refractivity contribution is 0.0527. The first kappa shape index (κ1) is 22.3. The van der Waals surface area contributed by atoms with E-state index in [2.05, 4.69) is 5.32 Å². The molecule has 2 heterocycles. The number of hydrogen-bond donors (Lipinski definition) is 1. The smallest absolute Gasteiger partial charge is 0.341 e. The van der Waals surface area contributed by atoms with Gasteiger partial charge in [0.15, 0.2) is 11.5 Å². The van der Waals surface area contributed by atoms with Gasteiger partial charge in [0.05, 0.1) is 12.2 Å². The molecule has 31 heavy (non-hydrogen) atoms. The summed E-state index contributed by atoms with van der Waals surface area (Å²) >= 11 is 1.31. The number of ketones is 1. The minimum Gasteiger partial charge on any atom is -0.486 e. The van der Waals surface area contributed by atoms with Gasteiger partial charge in [-0.15, -0.1) is 11.3 Å². The number of thiophene rings is 1. The molecule has 0 atom stereocenters. The van der Waals surface area contributed by atoms with Crippen molar-refractivity contribution in [1.29, 1.82) is 0 Å². The Hall–Kier alpha value is -3.39. The maximum Gasteiger partial charge on any atom is 0.341 e. The Morgan fingerprint density at radius 2 is 1.77 bits per heavy atom. The number of anilines is 1. The van der Waals surface area contributed by atoms with Crippen LogP contribution in [0.1, 0.15) is 61.3 Å². The fourth-order valence-electron chi connectivity index (χ4n) is 2.85. The summed E-state index contributed by atoms with van der Waals surface area (Å²) in [6.45, 7) is 7.30. The topological polar surface area (TPSA) is 94.8 Å². The summed E-state index contributed by atoms with van der Waals surface area (Å²) in [7, 11) is 0. The minimum atomic E-state index is -0.469. The van der Waals surface area contributed by atoms with Crippen molar-refractivity contribution in [3.63, 3.8) is 0 Å². The molecule has 0 bridgehead atoms. The Kier molecular flexibility index (Phi) is 6.91. The van der Waals surface area contributed by atoms with Gasteiger partial charge in [0.25, 0.3) is 5.91 Å². The standard InChI is InChI=1S/C23H23NO6S/c1-5-28-23(27)20-13(2)15(4)31-22(20)24-21(26)19-11-10-18(30-19)12-29-17-8-6-16(7-9-17)14(3)25/h6-11H,5,12H2,1-4H3,(H,24,26). The molecule has 0 aliphatic carbocycles. The van der Waals surface area contributed by atoms with Crippen LogP contribution in [-0.4, -0.2) is 24.3 Å². The number of ether oxygens (including phenoxy) is 2. The summed E-state index contributed by atoms with van der Waals surface area (Å²) in [5, 5.41) is 3.17. The van der Waals surface area contributed by atoms with Crippen molar-refractivity contribution in [2.45, 2.75) is 34.3 Å². The largest absolute Gasteiger partial charge is 0.486 e. The van der Waals surface area contributed by atoms with Crippen molar-refractivity contribution in [3.05, 3.63) is 69.5 Å².